The third-order valence-corrected chi connectivity index (χ3v) is 6.14. The second kappa shape index (κ2) is 8.57. The molecule has 4 nitrogen and oxygen atoms in total. The summed E-state index contributed by atoms with van der Waals surface area (Å²) < 4.78 is 39.3. The van der Waals surface area contributed by atoms with E-state index in [1.807, 2.05) is 18.2 Å². The Hall–Kier alpha value is -3.09. The molecule has 1 aromatic heterocycles. The number of hydrogen-bond acceptors (Lipinski definition) is 2. The maximum absolute atomic E-state index is 13.1. The van der Waals surface area contributed by atoms with Crippen molar-refractivity contribution in [2.45, 2.75) is 50.1 Å². The minimum atomic E-state index is -4.43. The third-order valence-electron chi connectivity index (χ3n) is 6.14. The molecule has 31 heavy (non-hydrogen) atoms. The van der Waals surface area contributed by atoms with Gasteiger partial charge in [0, 0.05) is 17.7 Å². The van der Waals surface area contributed by atoms with Gasteiger partial charge in [0.2, 0.25) is 0 Å². The van der Waals surface area contributed by atoms with E-state index >= 15 is 0 Å². The molecule has 0 radical (unpaired) electrons. The van der Waals surface area contributed by atoms with Crippen molar-refractivity contribution in [2.75, 3.05) is 0 Å². The van der Waals surface area contributed by atoms with E-state index in [1.165, 1.54) is 11.6 Å². The molecule has 1 aliphatic rings. The maximum atomic E-state index is 13.1. The number of H-pyrrole nitrogens is 2. The zero-order valence-corrected chi connectivity index (χ0v) is 16.9. The Morgan fingerprint density at radius 1 is 0.903 bits per heavy atom. The highest BCUT2D eigenvalue weighted by Crippen LogP contribution is 2.40. The molecule has 1 fully saturated rings. The van der Waals surface area contributed by atoms with Crippen LogP contribution in [0.15, 0.2) is 59.4 Å². The average Bonchev–Trinajstić information content (AvgIpc) is 2.76. The van der Waals surface area contributed by atoms with Crippen LogP contribution in [0.1, 0.15) is 65.5 Å². The molecule has 0 bridgehead atoms. The Morgan fingerprint density at radius 3 is 2.26 bits per heavy atom. The number of rotatable bonds is 4. The Balaban J connectivity index is 1.60. The van der Waals surface area contributed by atoms with Crippen LogP contribution in [0.3, 0.4) is 0 Å². The van der Waals surface area contributed by atoms with Gasteiger partial charge in [-0.3, -0.25) is 15.2 Å². The van der Waals surface area contributed by atoms with E-state index in [9.17, 15) is 18.0 Å². The van der Waals surface area contributed by atoms with E-state index in [0.29, 0.717) is 22.7 Å². The second-order valence-corrected chi connectivity index (χ2v) is 8.18. The number of aromatic amines is 2. The summed E-state index contributed by atoms with van der Waals surface area (Å²) in [6, 6.07) is 15.4. The fourth-order valence-corrected chi connectivity index (χ4v) is 4.58. The van der Waals surface area contributed by atoms with Crippen LogP contribution in [0.2, 0.25) is 0 Å². The summed E-state index contributed by atoms with van der Waals surface area (Å²) in [5, 5.41) is 7.90. The molecule has 0 saturated heterocycles. The minimum Gasteiger partial charge on any atom is -0.329 e. The zero-order chi connectivity index (χ0) is 22.0. The molecule has 7 heteroatoms. The summed E-state index contributed by atoms with van der Waals surface area (Å²) in [6.07, 6.45) is -0.706. The summed E-state index contributed by atoms with van der Waals surface area (Å²) in [5.74, 6) is 0.536. The van der Waals surface area contributed by atoms with Gasteiger partial charge < -0.3 is 4.98 Å². The summed E-state index contributed by atoms with van der Waals surface area (Å²) in [4.78, 5) is 18.1. The molecule has 2 aromatic carbocycles. The summed E-state index contributed by atoms with van der Waals surface area (Å²) >= 11 is 0. The van der Waals surface area contributed by atoms with E-state index in [-0.39, 0.29) is 18.0 Å². The van der Waals surface area contributed by atoms with Crippen molar-refractivity contribution in [1.82, 2.24) is 9.97 Å². The molecule has 0 aliphatic heterocycles. The lowest BCUT2D eigenvalue weighted by Gasteiger charge is -2.29. The lowest BCUT2D eigenvalue weighted by Crippen LogP contribution is -2.30. The molecule has 162 valence electrons. The summed E-state index contributed by atoms with van der Waals surface area (Å²) in [6.45, 7) is 0. The van der Waals surface area contributed by atoms with E-state index in [4.69, 9.17) is 5.41 Å². The number of nitrogens with one attached hydrogen (secondary N) is 3. The minimum absolute atomic E-state index is 0.0761. The first-order chi connectivity index (χ1) is 14.8. The smallest absolute Gasteiger partial charge is 0.329 e. The first-order valence-corrected chi connectivity index (χ1v) is 10.4. The maximum Gasteiger partial charge on any atom is 0.416 e. The third kappa shape index (κ3) is 4.81. The number of benzene rings is 2. The topological polar surface area (TPSA) is 72.5 Å². The lowest BCUT2D eigenvalue weighted by atomic mass is 9.76. The van der Waals surface area contributed by atoms with E-state index in [0.717, 1.165) is 37.8 Å². The molecule has 1 heterocycles. The van der Waals surface area contributed by atoms with Crippen LogP contribution in [0, 0.1) is 5.41 Å². The van der Waals surface area contributed by atoms with E-state index in [2.05, 4.69) is 22.1 Å². The lowest BCUT2D eigenvalue weighted by molar-refractivity contribution is -0.137. The summed E-state index contributed by atoms with van der Waals surface area (Å²) in [7, 11) is 0. The monoisotopic (exact) mass is 427 g/mol. The molecule has 1 saturated carbocycles. The zero-order valence-electron chi connectivity index (χ0n) is 16.9. The van der Waals surface area contributed by atoms with Gasteiger partial charge in [-0.15, -0.1) is 0 Å². The predicted octanol–water partition coefficient (Wildman–Crippen LogP) is 5.23. The molecular weight excluding hydrogens is 403 g/mol. The molecule has 1 aliphatic carbocycles. The van der Waals surface area contributed by atoms with Crippen LogP contribution in [0.4, 0.5) is 13.2 Å². The predicted molar refractivity (Wildman–Crippen MR) is 112 cm³/mol. The fourth-order valence-electron chi connectivity index (χ4n) is 4.58. The molecular formula is C24H24F3N3O. The molecule has 0 spiro atoms. The van der Waals surface area contributed by atoms with Gasteiger partial charge in [-0.25, -0.2) is 0 Å². The first kappa shape index (κ1) is 21.2. The second-order valence-electron chi connectivity index (χ2n) is 8.18. The van der Waals surface area contributed by atoms with Crippen molar-refractivity contribution in [3.8, 4) is 0 Å². The van der Waals surface area contributed by atoms with Crippen LogP contribution in [0.25, 0.3) is 0 Å². The van der Waals surface area contributed by atoms with Crippen LogP contribution in [0.5, 0.6) is 0 Å². The van der Waals surface area contributed by atoms with Gasteiger partial charge in [-0.2, -0.15) is 13.2 Å². The van der Waals surface area contributed by atoms with Crippen LogP contribution in [-0.2, 0) is 12.6 Å². The van der Waals surface area contributed by atoms with Gasteiger partial charge >= 0.3 is 6.18 Å². The summed E-state index contributed by atoms with van der Waals surface area (Å²) in [5.41, 5.74) is 1.59. The molecule has 3 aromatic rings. The van der Waals surface area contributed by atoms with E-state index in [1.54, 1.807) is 6.07 Å². The van der Waals surface area contributed by atoms with Gasteiger partial charge in [0.25, 0.3) is 5.56 Å². The normalized spacial score (nSPS) is 19.3. The Labute approximate surface area is 177 Å². The fraction of sp³-hybridized carbons (Fsp3) is 0.333. The van der Waals surface area contributed by atoms with Crippen LogP contribution in [-0.4, -0.2) is 9.97 Å². The van der Waals surface area contributed by atoms with Crippen LogP contribution >= 0.6 is 0 Å². The molecule has 3 N–H and O–H groups in total. The van der Waals surface area contributed by atoms with Gasteiger partial charge in [0.1, 0.15) is 0 Å². The van der Waals surface area contributed by atoms with Gasteiger partial charge in [0.15, 0.2) is 5.62 Å². The van der Waals surface area contributed by atoms with Gasteiger partial charge in [-0.05, 0) is 54.7 Å². The molecule has 0 unspecified atom stereocenters. The molecule has 4 rings (SSSR count). The SMILES string of the molecule is N=c1[nH]c(=O)c(Cc2cccc(C(F)(F)F)c2)c([C@H]2CC[C@H](c3ccccc3)CC2)[nH]1. The van der Waals surface area contributed by atoms with Crippen molar-refractivity contribution in [2.24, 2.45) is 0 Å². The van der Waals surface area contributed by atoms with Crippen molar-refractivity contribution in [3.05, 3.63) is 98.5 Å². The first-order valence-electron chi connectivity index (χ1n) is 10.4. The Kier molecular flexibility index (Phi) is 5.85. The Bertz CT molecular complexity index is 1160. The van der Waals surface area contributed by atoms with Crippen molar-refractivity contribution >= 4 is 0 Å². The number of alkyl halides is 3. The van der Waals surface area contributed by atoms with E-state index < -0.39 is 17.3 Å². The number of halogens is 3. The highest BCUT2D eigenvalue weighted by Gasteiger charge is 2.31. The Morgan fingerprint density at radius 2 is 1.58 bits per heavy atom. The van der Waals surface area contributed by atoms with Crippen molar-refractivity contribution in [3.63, 3.8) is 0 Å². The highest BCUT2D eigenvalue weighted by molar-refractivity contribution is 5.33. The van der Waals surface area contributed by atoms with Gasteiger partial charge in [-0.1, -0.05) is 48.5 Å². The number of hydrogen-bond donors (Lipinski definition) is 3. The molecule has 0 atom stereocenters. The van der Waals surface area contributed by atoms with Crippen molar-refractivity contribution < 1.29 is 13.2 Å². The van der Waals surface area contributed by atoms with Gasteiger partial charge in [0.05, 0.1) is 5.56 Å². The largest absolute Gasteiger partial charge is 0.416 e. The quantitative estimate of drug-likeness (QED) is 0.524. The standard InChI is InChI=1S/C24H24F3N3O/c25-24(26,27)19-8-4-5-15(13-19)14-20-21(29-23(28)30-22(20)31)18-11-9-17(10-12-18)16-6-2-1-3-7-16/h1-8,13,17-18H,9-12,14H2,(H3,28,29,30,31)/t17-,18-. The highest BCUT2D eigenvalue weighted by atomic mass is 19.4. The molecule has 0 amide bonds. The van der Waals surface area contributed by atoms with Crippen molar-refractivity contribution in [1.29, 1.82) is 5.41 Å². The van der Waals surface area contributed by atoms with Crippen LogP contribution < -0.4 is 11.2 Å². The average molecular weight is 427 g/mol. The number of aromatic nitrogens is 2.